The molecule has 0 aromatic carbocycles. The predicted molar refractivity (Wildman–Crippen MR) is 76.7 cm³/mol. The molecule has 0 radical (unpaired) electrons. The molecule has 0 aliphatic rings. The van der Waals surface area contributed by atoms with E-state index < -0.39 is 0 Å². The van der Waals surface area contributed by atoms with E-state index >= 15 is 0 Å². The van der Waals surface area contributed by atoms with Crippen molar-refractivity contribution in [3.63, 3.8) is 0 Å². The summed E-state index contributed by atoms with van der Waals surface area (Å²) in [6.07, 6.45) is 3.52. The molecule has 1 aromatic rings. The first-order valence-corrected chi connectivity index (χ1v) is 6.92. The van der Waals surface area contributed by atoms with Crippen molar-refractivity contribution < 1.29 is 4.79 Å². The Morgan fingerprint density at radius 1 is 1.42 bits per heavy atom. The SMILES string of the molecule is CC(C)CNC(=O)Cn1cncc1C(CN)C(C)C. The third kappa shape index (κ3) is 4.67. The standard InChI is InChI=1S/C14H26N4O/c1-10(2)6-17-14(19)8-18-9-16-7-13(18)12(5-15)11(3)4/h7,9-12H,5-6,8,15H2,1-4H3,(H,17,19). The van der Waals surface area contributed by atoms with Crippen molar-refractivity contribution in [2.24, 2.45) is 17.6 Å². The minimum atomic E-state index is 0.0208. The quantitative estimate of drug-likeness (QED) is 0.782. The van der Waals surface area contributed by atoms with Crippen LogP contribution in [-0.4, -0.2) is 28.5 Å². The number of nitrogens with one attached hydrogen (secondary N) is 1. The van der Waals surface area contributed by atoms with Crippen LogP contribution in [0.15, 0.2) is 12.5 Å². The number of aromatic nitrogens is 2. The Morgan fingerprint density at radius 2 is 2.11 bits per heavy atom. The summed E-state index contributed by atoms with van der Waals surface area (Å²) >= 11 is 0. The zero-order valence-corrected chi connectivity index (χ0v) is 12.4. The average molecular weight is 266 g/mol. The molecular weight excluding hydrogens is 240 g/mol. The molecule has 1 amide bonds. The molecule has 5 nitrogen and oxygen atoms in total. The van der Waals surface area contributed by atoms with Gasteiger partial charge in [-0.1, -0.05) is 27.7 Å². The summed E-state index contributed by atoms with van der Waals surface area (Å²) in [5.74, 6) is 1.14. The lowest BCUT2D eigenvalue weighted by Gasteiger charge is -2.20. The van der Waals surface area contributed by atoms with E-state index in [4.69, 9.17) is 5.73 Å². The van der Waals surface area contributed by atoms with E-state index in [0.717, 1.165) is 5.69 Å². The third-order valence-electron chi connectivity index (χ3n) is 3.20. The van der Waals surface area contributed by atoms with Gasteiger partial charge in [0.05, 0.1) is 6.33 Å². The molecule has 0 spiro atoms. The number of nitrogens with zero attached hydrogens (tertiary/aromatic N) is 2. The summed E-state index contributed by atoms with van der Waals surface area (Å²) in [4.78, 5) is 16.0. The number of hydrogen-bond acceptors (Lipinski definition) is 3. The zero-order chi connectivity index (χ0) is 14.4. The van der Waals surface area contributed by atoms with E-state index in [1.807, 2.05) is 10.8 Å². The first-order chi connectivity index (χ1) is 8.95. The molecule has 1 rings (SSSR count). The molecule has 0 aliphatic carbocycles. The highest BCUT2D eigenvalue weighted by Gasteiger charge is 2.19. The Morgan fingerprint density at radius 3 is 2.63 bits per heavy atom. The molecule has 3 N–H and O–H groups in total. The summed E-state index contributed by atoms with van der Waals surface area (Å²) in [5, 5.41) is 2.91. The Kier molecular flexibility index (Phi) is 6.02. The smallest absolute Gasteiger partial charge is 0.239 e. The maximum absolute atomic E-state index is 11.9. The van der Waals surface area contributed by atoms with Crippen LogP contribution in [0.4, 0.5) is 0 Å². The summed E-state index contributed by atoms with van der Waals surface area (Å²) < 4.78 is 1.90. The van der Waals surface area contributed by atoms with Crippen LogP contribution >= 0.6 is 0 Å². The number of nitrogens with two attached hydrogens (primary N) is 1. The van der Waals surface area contributed by atoms with Gasteiger partial charge in [-0.25, -0.2) is 4.98 Å². The Balaban J connectivity index is 2.69. The van der Waals surface area contributed by atoms with Crippen molar-refractivity contribution in [2.75, 3.05) is 13.1 Å². The van der Waals surface area contributed by atoms with Gasteiger partial charge in [-0.05, 0) is 11.8 Å². The van der Waals surface area contributed by atoms with Crippen LogP contribution in [0.1, 0.15) is 39.3 Å². The van der Waals surface area contributed by atoms with E-state index in [1.165, 1.54) is 0 Å². The number of carbonyl (C=O) groups is 1. The molecule has 0 bridgehead atoms. The highest BCUT2D eigenvalue weighted by atomic mass is 16.1. The van der Waals surface area contributed by atoms with E-state index in [-0.39, 0.29) is 11.8 Å². The normalized spacial score (nSPS) is 13.0. The lowest BCUT2D eigenvalue weighted by atomic mass is 9.93. The van der Waals surface area contributed by atoms with Crippen molar-refractivity contribution in [1.29, 1.82) is 0 Å². The van der Waals surface area contributed by atoms with E-state index in [0.29, 0.717) is 31.5 Å². The lowest BCUT2D eigenvalue weighted by Crippen LogP contribution is -2.31. The van der Waals surface area contributed by atoms with Crippen molar-refractivity contribution in [1.82, 2.24) is 14.9 Å². The molecule has 1 atom stereocenters. The number of amides is 1. The maximum atomic E-state index is 11.9. The van der Waals surface area contributed by atoms with Gasteiger partial charge in [-0.2, -0.15) is 0 Å². The molecule has 0 fully saturated rings. The molecular formula is C14H26N4O. The van der Waals surface area contributed by atoms with Crippen molar-refractivity contribution in [3.05, 3.63) is 18.2 Å². The van der Waals surface area contributed by atoms with Gasteiger partial charge in [0, 0.05) is 30.9 Å². The minimum Gasteiger partial charge on any atom is -0.354 e. The van der Waals surface area contributed by atoms with Crippen LogP contribution in [-0.2, 0) is 11.3 Å². The molecule has 1 aromatic heterocycles. The monoisotopic (exact) mass is 266 g/mol. The van der Waals surface area contributed by atoms with Gasteiger partial charge in [0.25, 0.3) is 0 Å². The molecule has 5 heteroatoms. The zero-order valence-electron chi connectivity index (χ0n) is 12.4. The Labute approximate surface area is 115 Å². The number of rotatable bonds is 7. The molecule has 0 aliphatic heterocycles. The minimum absolute atomic E-state index is 0.0208. The summed E-state index contributed by atoms with van der Waals surface area (Å²) in [6, 6.07) is 0. The van der Waals surface area contributed by atoms with Gasteiger partial charge in [-0.3, -0.25) is 4.79 Å². The fourth-order valence-electron chi connectivity index (χ4n) is 2.03. The average Bonchev–Trinajstić information content (AvgIpc) is 2.75. The van der Waals surface area contributed by atoms with Gasteiger partial charge in [-0.15, -0.1) is 0 Å². The maximum Gasteiger partial charge on any atom is 0.239 e. The first-order valence-electron chi connectivity index (χ1n) is 6.92. The number of hydrogen-bond donors (Lipinski definition) is 2. The van der Waals surface area contributed by atoms with E-state index in [9.17, 15) is 4.79 Å². The molecule has 1 heterocycles. The van der Waals surface area contributed by atoms with Crippen LogP contribution in [0.25, 0.3) is 0 Å². The van der Waals surface area contributed by atoms with Crippen molar-refractivity contribution in [2.45, 2.75) is 40.2 Å². The fraction of sp³-hybridized carbons (Fsp3) is 0.714. The van der Waals surface area contributed by atoms with Gasteiger partial charge < -0.3 is 15.6 Å². The largest absolute Gasteiger partial charge is 0.354 e. The van der Waals surface area contributed by atoms with Crippen LogP contribution < -0.4 is 11.1 Å². The molecule has 0 saturated heterocycles. The van der Waals surface area contributed by atoms with E-state index in [2.05, 4.69) is 38.0 Å². The van der Waals surface area contributed by atoms with E-state index in [1.54, 1.807) is 6.33 Å². The second-order valence-corrected chi connectivity index (χ2v) is 5.73. The lowest BCUT2D eigenvalue weighted by molar-refractivity contribution is -0.121. The topological polar surface area (TPSA) is 72.9 Å². The van der Waals surface area contributed by atoms with Crippen molar-refractivity contribution >= 4 is 5.91 Å². The summed E-state index contributed by atoms with van der Waals surface area (Å²) in [5.41, 5.74) is 6.86. The highest BCUT2D eigenvalue weighted by molar-refractivity contribution is 5.75. The molecule has 19 heavy (non-hydrogen) atoms. The highest BCUT2D eigenvalue weighted by Crippen LogP contribution is 2.22. The van der Waals surface area contributed by atoms with Crippen LogP contribution in [0.5, 0.6) is 0 Å². The Hall–Kier alpha value is -1.36. The second-order valence-electron chi connectivity index (χ2n) is 5.73. The predicted octanol–water partition coefficient (Wildman–Crippen LogP) is 1.35. The van der Waals surface area contributed by atoms with Crippen LogP contribution in [0, 0.1) is 11.8 Å². The van der Waals surface area contributed by atoms with Gasteiger partial charge >= 0.3 is 0 Å². The molecule has 108 valence electrons. The van der Waals surface area contributed by atoms with Crippen molar-refractivity contribution in [3.8, 4) is 0 Å². The summed E-state index contributed by atoms with van der Waals surface area (Å²) in [7, 11) is 0. The Bertz CT molecular complexity index is 398. The van der Waals surface area contributed by atoms with Gasteiger partial charge in [0.1, 0.15) is 6.54 Å². The molecule has 1 unspecified atom stereocenters. The van der Waals surface area contributed by atoms with Gasteiger partial charge in [0.2, 0.25) is 5.91 Å². The number of imidazole rings is 1. The van der Waals surface area contributed by atoms with Gasteiger partial charge in [0.15, 0.2) is 0 Å². The first kappa shape index (κ1) is 15.7. The number of carbonyl (C=O) groups excluding carboxylic acids is 1. The third-order valence-corrected chi connectivity index (χ3v) is 3.20. The summed E-state index contributed by atoms with van der Waals surface area (Å²) in [6.45, 7) is 10.00. The molecule has 0 saturated carbocycles. The van der Waals surface area contributed by atoms with Crippen LogP contribution in [0.3, 0.4) is 0 Å². The van der Waals surface area contributed by atoms with Crippen LogP contribution in [0.2, 0.25) is 0 Å². The fourth-order valence-corrected chi connectivity index (χ4v) is 2.03. The second kappa shape index (κ2) is 7.28.